The molecule has 0 fully saturated rings. The van der Waals surface area contributed by atoms with Gasteiger partial charge in [0.05, 0.1) is 11.2 Å². The van der Waals surface area contributed by atoms with E-state index < -0.39 is 0 Å². The quantitative estimate of drug-likeness (QED) is 0.656. The monoisotopic (exact) mass is 260 g/mol. The van der Waals surface area contributed by atoms with Crippen LogP contribution in [0.25, 0.3) is 0 Å². The lowest BCUT2D eigenvalue weighted by Crippen LogP contribution is -2.54. The molecule has 0 aromatic heterocycles. The van der Waals surface area contributed by atoms with E-state index in [2.05, 4.69) is 70.8 Å². The first kappa shape index (κ1) is 15.9. The smallest absolute Gasteiger partial charge is 0.0680 e. The molecule has 0 atom stereocenters. The molecule has 0 unspecified atom stereocenters. The molecular weight excluding hydrogens is 232 g/mol. The third-order valence-corrected chi connectivity index (χ3v) is 4.41. The molecule has 0 radical (unpaired) electrons. The van der Waals surface area contributed by atoms with Gasteiger partial charge in [-0.25, -0.2) is 0 Å². The molecule has 106 valence electrons. The molecule has 0 amide bonds. The maximum absolute atomic E-state index is 4.81. The number of para-hydroxylation sites is 1. The van der Waals surface area contributed by atoms with Crippen LogP contribution in [0.15, 0.2) is 29.3 Å². The predicted molar refractivity (Wildman–Crippen MR) is 85.4 cm³/mol. The summed E-state index contributed by atoms with van der Waals surface area (Å²) < 4.78 is 0. The third-order valence-electron chi connectivity index (χ3n) is 4.41. The topological polar surface area (TPSA) is 15.6 Å². The van der Waals surface area contributed by atoms with Gasteiger partial charge in [0.1, 0.15) is 0 Å². The fraction of sp³-hybridized carbons (Fsp3) is 0.588. The Balaban J connectivity index is 0.000000861. The molecule has 0 saturated heterocycles. The van der Waals surface area contributed by atoms with E-state index >= 15 is 0 Å². The van der Waals surface area contributed by atoms with Crippen LogP contribution < -0.4 is 0 Å². The molecule has 0 N–H and O–H groups in total. The summed E-state index contributed by atoms with van der Waals surface area (Å²) in [6.07, 6.45) is 0. The number of rotatable bonds is 0. The highest BCUT2D eigenvalue weighted by Crippen LogP contribution is 2.41. The molecule has 2 heteroatoms. The molecule has 19 heavy (non-hydrogen) atoms. The number of hydrogen-bond acceptors (Lipinski definition) is 2. The minimum atomic E-state index is -0.0253. The fourth-order valence-corrected chi connectivity index (χ4v) is 2.53. The van der Waals surface area contributed by atoms with Crippen molar-refractivity contribution in [1.82, 2.24) is 4.90 Å². The number of aliphatic imine (C=N–C) groups is 1. The van der Waals surface area contributed by atoms with Gasteiger partial charge in [0.25, 0.3) is 0 Å². The summed E-state index contributed by atoms with van der Waals surface area (Å²) in [7, 11) is 2.18. The standard InChI is InChI=1S/C15H22N2.C2H6/c1-11-14(2,3)17(6)15(4,5)12-9-7-8-10-13(12)16-11;1-2/h7-10H,1-6H3;1-2H3. The van der Waals surface area contributed by atoms with Gasteiger partial charge in [0.15, 0.2) is 0 Å². The minimum absolute atomic E-state index is 0.0125. The first-order valence-corrected chi connectivity index (χ1v) is 7.17. The van der Waals surface area contributed by atoms with Crippen molar-refractivity contribution in [3.05, 3.63) is 29.8 Å². The Morgan fingerprint density at radius 3 is 2.05 bits per heavy atom. The van der Waals surface area contributed by atoms with Crippen molar-refractivity contribution in [2.24, 2.45) is 4.99 Å². The molecule has 1 aliphatic heterocycles. The van der Waals surface area contributed by atoms with Gasteiger partial charge in [0, 0.05) is 11.3 Å². The lowest BCUT2D eigenvalue weighted by molar-refractivity contribution is 0.0872. The fourth-order valence-electron chi connectivity index (χ4n) is 2.53. The van der Waals surface area contributed by atoms with Crippen LogP contribution in [0.5, 0.6) is 0 Å². The van der Waals surface area contributed by atoms with Gasteiger partial charge < -0.3 is 0 Å². The van der Waals surface area contributed by atoms with Crippen LogP contribution in [0.3, 0.4) is 0 Å². The zero-order valence-electron chi connectivity index (χ0n) is 13.7. The van der Waals surface area contributed by atoms with Crippen molar-refractivity contribution in [1.29, 1.82) is 0 Å². The maximum atomic E-state index is 4.81. The summed E-state index contributed by atoms with van der Waals surface area (Å²) in [5.41, 5.74) is 3.53. The molecule has 0 aliphatic carbocycles. The van der Waals surface area contributed by atoms with Crippen molar-refractivity contribution in [2.75, 3.05) is 7.05 Å². The number of benzene rings is 1. The lowest BCUT2D eigenvalue weighted by Gasteiger charge is -2.45. The minimum Gasteiger partial charge on any atom is -0.287 e. The van der Waals surface area contributed by atoms with E-state index in [0.717, 1.165) is 11.4 Å². The molecule has 1 aromatic carbocycles. The van der Waals surface area contributed by atoms with E-state index in [1.54, 1.807) is 0 Å². The molecule has 1 aromatic rings. The van der Waals surface area contributed by atoms with Crippen LogP contribution in [-0.4, -0.2) is 23.2 Å². The van der Waals surface area contributed by atoms with Crippen LogP contribution in [0.2, 0.25) is 0 Å². The summed E-state index contributed by atoms with van der Waals surface area (Å²) >= 11 is 0. The Morgan fingerprint density at radius 1 is 0.947 bits per heavy atom. The maximum Gasteiger partial charge on any atom is 0.0680 e. The summed E-state index contributed by atoms with van der Waals surface area (Å²) in [5, 5.41) is 0. The molecule has 1 aliphatic rings. The number of hydrogen-bond donors (Lipinski definition) is 0. The molecular formula is C17H28N2. The van der Waals surface area contributed by atoms with Crippen molar-refractivity contribution in [3.8, 4) is 0 Å². The van der Waals surface area contributed by atoms with Gasteiger partial charge in [-0.1, -0.05) is 32.0 Å². The molecule has 0 bridgehead atoms. The molecule has 2 nitrogen and oxygen atoms in total. The highest BCUT2D eigenvalue weighted by molar-refractivity contribution is 5.93. The van der Waals surface area contributed by atoms with Crippen LogP contribution in [0, 0.1) is 0 Å². The van der Waals surface area contributed by atoms with Gasteiger partial charge in [-0.15, -0.1) is 0 Å². The van der Waals surface area contributed by atoms with Crippen molar-refractivity contribution in [2.45, 2.75) is 59.5 Å². The summed E-state index contributed by atoms with van der Waals surface area (Å²) in [5.74, 6) is 0. The lowest BCUT2D eigenvalue weighted by atomic mass is 9.87. The average Bonchev–Trinajstić information content (AvgIpc) is 2.44. The van der Waals surface area contributed by atoms with Crippen LogP contribution >= 0.6 is 0 Å². The summed E-state index contributed by atoms with van der Waals surface area (Å²) in [6, 6.07) is 8.45. The van der Waals surface area contributed by atoms with E-state index in [-0.39, 0.29) is 11.1 Å². The largest absolute Gasteiger partial charge is 0.287 e. The van der Waals surface area contributed by atoms with Crippen molar-refractivity contribution >= 4 is 11.4 Å². The Hall–Kier alpha value is -1.15. The van der Waals surface area contributed by atoms with E-state index in [1.165, 1.54) is 5.56 Å². The summed E-state index contributed by atoms with van der Waals surface area (Å²) in [6.45, 7) is 15.1. The van der Waals surface area contributed by atoms with Crippen LogP contribution in [-0.2, 0) is 5.54 Å². The van der Waals surface area contributed by atoms with E-state index in [0.29, 0.717) is 0 Å². The Kier molecular flexibility index (Phi) is 4.57. The third kappa shape index (κ3) is 2.59. The van der Waals surface area contributed by atoms with Gasteiger partial charge in [-0.2, -0.15) is 0 Å². The second kappa shape index (κ2) is 5.46. The van der Waals surface area contributed by atoms with Gasteiger partial charge >= 0.3 is 0 Å². The molecule has 0 saturated carbocycles. The average molecular weight is 260 g/mol. The highest BCUT2D eigenvalue weighted by Gasteiger charge is 2.40. The van der Waals surface area contributed by atoms with E-state index in [9.17, 15) is 0 Å². The Bertz CT molecular complexity index is 470. The van der Waals surface area contributed by atoms with E-state index in [1.807, 2.05) is 13.8 Å². The predicted octanol–water partition coefficient (Wildman–Crippen LogP) is 4.76. The zero-order valence-corrected chi connectivity index (χ0v) is 13.7. The normalized spacial score (nSPS) is 20.5. The van der Waals surface area contributed by atoms with E-state index in [4.69, 9.17) is 4.99 Å². The second-order valence-corrected chi connectivity index (χ2v) is 5.89. The van der Waals surface area contributed by atoms with Gasteiger partial charge in [-0.3, -0.25) is 9.89 Å². The Morgan fingerprint density at radius 2 is 1.47 bits per heavy atom. The zero-order chi connectivity index (χ0) is 14.8. The Labute approximate surface area is 118 Å². The molecule has 2 rings (SSSR count). The SMILES string of the molecule is CC.CC1=Nc2ccccc2C(C)(C)N(C)C1(C)C. The second-order valence-electron chi connectivity index (χ2n) is 5.89. The number of nitrogens with zero attached hydrogens (tertiary/aromatic N) is 2. The van der Waals surface area contributed by atoms with Crippen LogP contribution in [0.4, 0.5) is 5.69 Å². The van der Waals surface area contributed by atoms with Crippen LogP contribution in [0.1, 0.15) is 54.0 Å². The van der Waals surface area contributed by atoms with Gasteiger partial charge in [0.2, 0.25) is 0 Å². The highest BCUT2D eigenvalue weighted by atomic mass is 15.2. The van der Waals surface area contributed by atoms with Crippen molar-refractivity contribution in [3.63, 3.8) is 0 Å². The van der Waals surface area contributed by atoms with Crippen molar-refractivity contribution < 1.29 is 0 Å². The molecule has 1 heterocycles. The van der Waals surface area contributed by atoms with Gasteiger partial charge in [-0.05, 0) is 53.3 Å². The first-order chi connectivity index (χ1) is 8.78. The number of fused-ring (bicyclic) bond motifs is 1. The first-order valence-electron chi connectivity index (χ1n) is 7.17. The molecule has 0 spiro atoms. The summed E-state index contributed by atoms with van der Waals surface area (Å²) in [4.78, 5) is 7.22.